The predicted molar refractivity (Wildman–Crippen MR) is 118 cm³/mol. The lowest BCUT2D eigenvalue weighted by atomic mass is 10.3. The summed E-state index contributed by atoms with van der Waals surface area (Å²) in [5.41, 5.74) is 0. The third-order valence-corrected chi connectivity index (χ3v) is 5.46. The van der Waals surface area contributed by atoms with Crippen molar-refractivity contribution < 1.29 is 23.7 Å². The van der Waals surface area contributed by atoms with E-state index in [1.165, 1.54) is 0 Å². The van der Waals surface area contributed by atoms with Gasteiger partial charge >= 0.3 is 0 Å². The SMILES string of the molecule is c1ccc2c(c1)OCCN1CCOCCN(CCOCC1)CCOc1ccccc1O2. The van der Waals surface area contributed by atoms with Crippen LogP contribution in [0.2, 0.25) is 0 Å². The zero-order valence-electron chi connectivity index (χ0n) is 18.0. The highest BCUT2D eigenvalue weighted by Crippen LogP contribution is 2.36. The van der Waals surface area contributed by atoms with Gasteiger partial charge in [-0.1, -0.05) is 24.3 Å². The van der Waals surface area contributed by atoms with E-state index in [9.17, 15) is 0 Å². The van der Waals surface area contributed by atoms with Gasteiger partial charge in [0.05, 0.1) is 26.4 Å². The molecule has 7 heteroatoms. The number of rotatable bonds is 0. The van der Waals surface area contributed by atoms with E-state index < -0.39 is 0 Å². The third kappa shape index (κ3) is 6.83. The van der Waals surface area contributed by atoms with Gasteiger partial charge in [-0.3, -0.25) is 9.80 Å². The number of hydrogen-bond donors (Lipinski definition) is 0. The molecule has 0 N–H and O–H groups in total. The van der Waals surface area contributed by atoms with Crippen LogP contribution in [0.1, 0.15) is 0 Å². The summed E-state index contributed by atoms with van der Waals surface area (Å²) in [6, 6.07) is 15.5. The molecular weight excluding hydrogens is 396 g/mol. The van der Waals surface area contributed by atoms with Gasteiger partial charge in [-0.2, -0.15) is 0 Å². The first-order valence-corrected chi connectivity index (χ1v) is 11.1. The molecule has 2 bridgehead atoms. The molecule has 0 saturated carbocycles. The standard InChI is InChI=1S/C24H32N2O5/c1-3-7-23-21(5-1)29-19-13-25-9-15-27-17-11-26(12-18-28-16-10-25)14-20-30-22-6-2-4-8-24(22)31-23/h1-8H,9-20H2. The summed E-state index contributed by atoms with van der Waals surface area (Å²) in [7, 11) is 0. The summed E-state index contributed by atoms with van der Waals surface area (Å²) in [6.07, 6.45) is 0. The first-order chi connectivity index (χ1) is 15.4. The van der Waals surface area contributed by atoms with E-state index in [1.54, 1.807) is 0 Å². The molecule has 0 spiro atoms. The molecule has 3 aliphatic heterocycles. The number of fused-ring (bicyclic) bond motifs is 12. The van der Waals surface area contributed by atoms with Crippen molar-refractivity contribution in [2.75, 3.05) is 78.9 Å². The molecule has 31 heavy (non-hydrogen) atoms. The summed E-state index contributed by atoms with van der Waals surface area (Å²) in [5, 5.41) is 0. The van der Waals surface area contributed by atoms with Crippen LogP contribution >= 0.6 is 0 Å². The molecule has 2 aromatic rings. The van der Waals surface area contributed by atoms with Crippen LogP contribution in [-0.4, -0.2) is 88.7 Å². The number of hydrogen-bond acceptors (Lipinski definition) is 7. The van der Waals surface area contributed by atoms with Crippen molar-refractivity contribution in [3.63, 3.8) is 0 Å². The molecule has 3 aliphatic rings. The summed E-state index contributed by atoms with van der Waals surface area (Å²) >= 11 is 0. The molecule has 0 amide bonds. The topological polar surface area (TPSA) is 52.6 Å². The number of para-hydroxylation sites is 4. The quantitative estimate of drug-likeness (QED) is 0.640. The molecule has 7 nitrogen and oxygen atoms in total. The van der Waals surface area contributed by atoms with Gasteiger partial charge in [-0.25, -0.2) is 0 Å². The summed E-state index contributed by atoms with van der Waals surface area (Å²) in [5.74, 6) is 2.80. The van der Waals surface area contributed by atoms with E-state index >= 15 is 0 Å². The average Bonchev–Trinajstić information content (AvgIpc) is 2.78. The Balaban J connectivity index is 1.55. The largest absolute Gasteiger partial charge is 0.488 e. The molecule has 0 aliphatic carbocycles. The van der Waals surface area contributed by atoms with Crippen LogP contribution in [0.5, 0.6) is 23.0 Å². The summed E-state index contributed by atoms with van der Waals surface area (Å²) in [6.45, 7) is 8.99. The zero-order valence-corrected chi connectivity index (χ0v) is 18.0. The van der Waals surface area contributed by atoms with Crippen molar-refractivity contribution in [3.05, 3.63) is 48.5 Å². The molecule has 168 valence electrons. The van der Waals surface area contributed by atoms with Crippen molar-refractivity contribution in [2.24, 2.45) is 0 Å². The van der Waals surface area contributed by atoms with Gasteiger partial charge in [0.2, 0.25) is 0 Å². The Morgan fingerprint density at radius 3 is 1.23 bits per heavy atom. The molecule has 0 aromatic heterocycles. The molecule has 5 rings (SSSR count). The molecule has 1 fully saturated rings. The first kappa shape index (κ1) is 21.9. The fourth-order valence-corrected chi connectivity index (χ4v) is 3.64. The second kappa shape index (κ2) is 11.9. The van der Waals surface area contributed by atoms with Crippen LogP contribution in [0.4, 0.5) is 0 Å². The van der Waals surface area contributed by atoms with Crippen LogP contribution in [0.25, 0.3) is 0 Å². The van der Waals surface area contributed by atoms with Crippen molar-refractivity contribution >= 4 is 0 Å². The Morgan fingerprint density at radius 1 is 0.452 bits per heavy atom. The van der Waals surface area contributed by atoms with Crippen molar-refractivity contribution in [1.82, 2.24) is 9.80 Å². The minimum absolute atomic E-state index is 0.562. The highest BCUT2D eigenvalue weighted by atomic mass is 16.5. The molecule has 0 atom stereocenters. The number of ether oxygens (including phenoxy) is 5. The van der Waals surface area contributed by atoms with Crippen LogP contribution in [0.3, 0.4) is 0 Å². The van der Waals surface area contributed by atoms with Gasteiger partial charge < -0.3 is 23.7 Å². The van der Waals surface area contributed by atoms with E-state index in [4.69, 9.17) is 23.7 Å². The second-order valence-electron chi connectivity index (χ2n) is 7.60. The maximum Gasteiger partial charge on any atom is 0.169 e. The molecule has 3 heterocycles. The number of benzene rings is 2. The lowest BCUT2D eigenvalue weighted by molar-refractivity contribution is 0.0320. The van der Waals surface area contributed by atoms with Crippen molar-refractivity contribution in [2.45, 2.75) is 0 Å². The van der Waals surface area contributed by atoms with E-state index in [0.717, 1.165) is 50.8 Å². The van der Waals surface area contributed by atoms with Crippen LogP contribution in [0, 0.1) is 0 Å². The minimum Gasteiger partial charge on any atom is -0.488 e. The number of nitrogens with zero attached hydrogens (tertiary/aromatic N) is 2. The van der Waals surface area contributed by atoms with Gasteiger partial charge in [0.1, 0.15) is 13.2 Å². The van der Waals surface area contributed by atoms with Crippen LogP contribution in [-0.2, 0) is 9.47 Å². The fourth-order valence-electron chi connectivity index (χ4n) is 3.64. The Hall–Kier alpha value is -2.32. The molecular formula is C24H32N2O5. The third-order valence-electron chi connectivity index (χ3n) is 5.46. The first-order valence-electron chi connectivity index (χ1n) is 11.1. The highest BCUT2D eigenvalue weighted by Gasteiger charge is 2.14. The van der Waals surface area contributed by atoms with Crippen molar-refractivity contribution in [1.29, 1.82) is 0 Å². The zero-order chi connectivity index (χ0) is 21.1. The summed E-state index contributed by atoms with van der Waals surface area (Å²) < 4.78 is 30.2. The lowest BCUT2D eigenvalue weighted by Gasteiger charge is -2.26. The Bertz CT molecular complexity index is 726. The van der Waals surface area contributed by atoms with Crippen LogP contribution in [0.15, 0.2) is 48.5 Å². The van der Waals surface area contributed by atoms with Gasteiger partial charge in [0.15, 0.2) is 23.0 Å². The highest BCUT2D eigenvalue weighted by molar-refractivity contribution is 5.47. The summed E-state index contributed by atoms with van der Waals surface area (Å²) in [4.78, 5) is 4.66. The normalized spacial score (nSPS) is 23.7. The van der Waals surface area contributed by atoms with E-state index in [0.29, 0.717) is 51.1 Å². The lowest BCUT2D eigenvalue weighted by Crippen LogP contribution is -2.38. The Labute approximate surface area is 184 Å². The van der Waals surface area contributed by atoms with Gasteiger partial charge in [0.25, 0.3) is 0 Å². The molecule has 0 unspecified atom stereocenters. The van der Waals surface area contributed by atoms with E-state index in [-0.39, 0.29) is 0 Å². The Morgan fingerprint density at radius 2 is 0.806 bits per heavy atom. The molecule has 2 aromatic carbocycles. The predicted octanol–water partition coefficient (Wildman–Crippen LogP) is 2.90. The van der Waals surface area contributed by atoms with Gasteiger partial charge in [-0.05, 0) is 24.3 Å². The fraction of sp³-hybridized carbons (Fsp3) is 0.500. The second-order valence-corrected chi connectivity index (χ2v) is 7.60. The Kier molecular flexibility index (Phi) is 8.41. The van der Waals surface area contributed by atoms with Gasteiger partial charge in [0, 0.05) is 39.3 Å². The van der Waals surface area contributed by atoms with Gasteiger partial charge in [-0.15, -0.1) is 0 Å². The molecule has 1 saturated heterocycles. The maximum absolute atomic E-state index is 6.21. The average molecular weight is 429 g/mol. The smallest absolute Gasteiger partial charge is 0.169 e. The maximum atomic E-state index is 6.21. The van der Waals surface area contributed by atoms with Crippen LogP contribution < -0.4 is 14.2 Å². The van der Waals surface area contributed by atoms with E-state index in [1.807, 2.05) is 48.5 Å². The monoisotopic (exact) mass is 428 g/mol. The molecule has 0 radical (unpaired) electrons. The van der Waals surface area contributed by atoms with E-state index in [2.05, 4.69) is 9.80 Å². The minimum atomic E-state index is 0.562. The van der Waals surface area contributed by atoms with Crippen molar-refractivity contribution in [3.8, 4) is 23.0 Å².